The molecule has 0 amide bonds. The van der Waals surface area contributed by atoms with Crippen molar-refractivity contribution in [3.8, 4) is 0 Å². The van der Waals surface area contributed by atoms with Crippen molar-refractivity contribution >= 4 is 17.4 Å². The van der Waals surface area contributed by atoms with Crippen LogP contribution in [0.5, 0.6) is 0 Å². The molecule has 1 unspecified atom stereocenters. The van der Waals surface area contributed by atoms with Gasteiger partial charge in [0.05, 0.1) is 17.3 Å². The normalized spacial score (nSPS) is 22.9. The molecule has 0 aromatic carbocycles. The van der Waals surface area contributed by atoms with Gasteiger partial charge < -0.3 is 9.64 Å². The Kier molecular flexibility index (Phi) is 3.90. The van der Waals surface area contributed by atoms with Crippen LogP contribution in [-0.2, 0) is 10.9 Å². The molecule has 0 N–H and O–H groups in total. The molecule has 1 aliphatic heterocycles. The third-order valence-corrected chi connectivity index (χ3v) is 3.19. The van der Waals surface area contributed by atoms with Crippen LogP contribution in [0.15, 0.2) is 12.1 Å². The predicted octanol–water partition coefficient (Wildman–Crippen LogP) is 3.76. The van der Waals surface area contributed by atoms with Crippen molar-refractivity contribution in [1.29, 1.82) is 0 Å². The van der Waals surface area contributed by atoms with Gasteiger partial charge in [-0.25, -0.2) is 4.98 Å². The average Bonchev–Trinajstić information content (AvgIpc) is 2.24. The number of ether oxygens (including phenoxy) is 1. The largest absolute Gasteiger partial charge is 0.416 e. The van der Waals surface area contributed by atoms with E-state index < -0.39 is 17.3 Å². The predicted molar refractivity (Wildman–Crippen MR) is 71.1 cm³/mol. The van der Waals surface area contributed by atoms with E-state index in [-0.39, 0.29) is 17.1 Å². The number of rotatable bonds is 1. The number of morpholine rings is 1. The molecule has 1 fully saturated rings. The molecule has 0 aliphatic carbocycles. The number of halogens is 4. The van der Waals surface area contributed by atoms with Crippen LogP contribution in [0, 0.1) is 0 Å². The minimum atomic E-state index is -4.44. The standard InChI is InChI=1S/C13H16ClF3N2O/c1-8-6-19(7-12(2,3)20-8)11-5-9(13(15,16)17)4-10(14)18-11/h4-5,8H,6-7H2,1-3H3. The third-order valence-electron chi connectivity index (χ3n) is 3.00. The van der Waals surface area contributed by atoms with Gasteiger partial charge in [0.25, 0.3) is 0 Å². The molecule has 0 bridgehead atoms. The summed E-state index contributed by atoms with van der Waals surface area (Å²) < 4.78 is 44.2. The highest BCUT2D eigenvalue weighted by molar-refractivity contribution is 6.29. The van der Waals surface area contributed by atoms with Gasteiger partial charge in [-0.2, -0.15) is 13.2 Å². The highest BCUT2D eigenvalue weighted by Gasteiger charge is 2.35. The van der Waals surface area contributed by atoms with Gasteiger partial charge >= 0.3 is 6.18 Å². The summed E-state index contributed by atoms with van der Waals surface area (Å²) >= 11 is 5.71. The molecule has 112 valence electrons. The summed E-state index contributed by atoms with van der Waals surface area (Å²) in [6.45, 7) is 6.61. The van der Waals surface area contributed by atoms with Crippen LogP contribution in [-0.4, -0.2) is 29.8 Å². The second-order valence-electron chi connectivity index (χ2n) is 5.60. The Labute approximate surface area is 120 Å². The Morgan fingerprint density at radius 3 is 2.60 bits per heavy atom. The summed E-state index contributed by atoms with van der Waals surface area (Å²) in [5.74, 6) is 0.230. The minimum absolute atomic E-state index is 0.0890. The number of aromatic nitrogens is 1. The van der Waals surface area contributed by atoms with E-state index in [1.807, 2.05) is 20.8 Å². The highest BCUT2D eigenvalue weighted by Crippen LogP contribution is 2.34. The number of alkyl halides is 3. The first-order chi connectivity index (χ1) is 9.07. The molecule has 2 rings (SSSR count). The molecular weight excluding hydrogens is 293 g/mol. The lowest BCUT2D eigenvalue weighted by molar-refractivity contribution is -0.137. The van der Waals surface area contributed by atoms with Crippen molar-refractivity contribution in [3.63, 3.8) is 0 Å². The Bertz CT molecular complexity index is 505. The Balaban J connectivity index is 2.35. The molecule has 1 saturated heterocycles. The molecule has 20 heavy (non-hydrogen) atoms. The molecule has 1 aromatic heterocycles. The molecule has 3 nitrogen and oxygen atoms in total. The van der Waals surface area contributed by atoms with E-state index in [2.05, 4.69) is 4.98 Å². The van der Waals surface area contributed by atoms with E-state index >= 15 is 0 Å². The van der Waals surface area contributed by atoms with Crippen molar-refractivity contribution in [1.82, 2.24) is 4.98 Å². The molecule has 0 spiro atoms. The minimum Gasteiger partial charge on any atom is -0.369 e. The monoisotopic (exact) mass is 308 g/mol. The first-order valence-corrected chi connectivity index (χ1v) is 6.62. The lowest BCUT2D eigenvalue weighted by Crippen LogP contribution is -2.52. The molecule has 0 radical (unpaired) electrons. The zero-order chi connectivity index (χ0) is 15.1. The molecule has 2 heterocycles. The van der Waals surface area contributed by atoms with E-state index in [9.17, 15) is 13.2 Å². The quantitative estimate of drug-likeness (QED) is 0.739. The summed E-state index contributed by atoms with van der Waals surface area (Å²) in [6, 6.07) is 1.86. The third kappa shape index (κ3) is 3.55. The number of nitrogens with zero attached hydrogens (tertiary/aromatic N) is 2. The Hall–Kier alpha value is -1.01. The summed E-state index contributed by atoms with van der Waals surface area (Å²) in [5.41, 5.74) is -1.23. The molecule has 1 atom stereocenters. The van der Waals surface area contributed by atoms with Crippen molar-refractivity contribution in [2.45, 2.75) is 38.7 Å². The van der Waals surface area contributed by atoms with Crippen LogP contribution in [0.2, 0.25) is 5.15 Å². The fourth-order valence-electron chi connectivity index (χ4n) is 2.44. The summed E-state index contributed by atoms with van der Waals surface area (Å²) in [6.07, 6.45) is -4.52. The van der Waals surface area contributed by atoms with Gasteiger partial charge in [-0.15, -0.1) is 0 Å². The molecule has 1 aromatic rings. The van der Waals surface area contributed by atoms with E-state index in [1.165, 1.54) is 0 Å². The second-order valence-corrected chi connectivity index (χ2v) is 5.99. The molecule has 0 saturated carbocycles. The van der Waals surface area contributed by atoms with Crippen molar-refractivity contribution in [2.75, 3.05) is 18.0 Å². The average molecular weight is 309 g/mol. The SMILES string of the molecule is CC1CN(c2cc(C(F)(F)F)cc(Cl)n2)CC(C)(C)O1. The van der Waals surface area contributed by atoms with Gasteiger partial charge in [-0.05, 0) is 32.9 Å². The zero-order valence-electron chi connectivity index (χ0n) is 11.5. The maximum Gasteiger partial charge on any atom is 0.416 e. The first-order valence-electron chi connectivity index (χ1n) is 6.24. The fraction of sp³-hybridized carbons (Fsp3) is 0.615. The van der Waals surface area contributed by atoms with Crippen LogP contribution >= 0.6 is 11.6 Å². The van der Waals surface area contributed by atoms with E-state index in [0.29, 0.717) is 13.1 Å². The Morgan fingerprint density at radius 1 is 1.40 bits per heavy atom. The molecular formula is C13H16ClF3N2O. The van der Waals surface area contributed by atoms with E-state index in [0.717, 1.165) is 12.1 Å². The smallest absolute Gasteiger partial charge is 0.369 e. The number of anilines is 1. The van der Waals surface area contributed by atoms with Crippen molar-refractivity contribution < 1.29 is 17.9 Å². The van der Waals surface area contributed by atoms with Crippen molar-refractivity contribution in [3.05, 3.63) is 22.8 Å². The van der Waals surface area contributed by atoms with E-state index in [1.54, 1.807) is 4.90 Å². The van der Waals surface area contributed by atoms with Crippen molar-refractivity contribution in [2.24, 2.45) is 0 Å². The number of pyridine rings is 1. The highest BCUT2D eigenvalue weighted by atomic mass is 35.5. The van der Waals surface area contributed by atoms with Gasteiger partial charge in [0, 0.05) is 13.1 Å². The van der Waals surface area contributed by atoms with Crippen LogP contribution in [0.25, 0.3) is 0 Å². The number of hydrogen-bond acceptors (Lipinski definition) is 3. The topological polar surface area (TPSA) is 25.4 Å². The van der Waals surface area contributed by atoms with Gasteiger partial charge in [0.1, 0.15) is 11.0 Å². The van der Waals surface area contributed by atoms with Crippen LogP contribution in [0.3, 0.4) is 0 Å². The maximum atomic E-state index is 12.8. The first kappa shape index (κ1) is 15.4. The van der Waals surface area contributed by atoms with Gasteiger partial charge in [-0.3, -0.25) is 0 Å². The van der Waals surface area contributed by atoms with Crippen LogP contribution in [0.4, 0.5) is 19.0 Å². The van der Waals surface area contributed by atoms with Gasteiger partial charge in [-0.1, -0.05) is 11.6 Å². The Morgan fingerprint density at radius 2 is 2.05 bits per heavy atom. The summed E-state index contributed by atoms with van der Waals surface area (Å²) in [4.78, 5) is 5.78. The lowest BCUT2D eigenvalue weighted by Gasteiger charge is -2.42. The zero-order valence-corrected chi connectivity index (χ0v) is 12.2. The van der Waals surface area contributed by atoms with Crippen LogP contribution in [0.1, 0.15) is 26.3 Å². The maximum absolute atomic E-state index is 12.8. The summed E-state index contributed by atoms with van der Waals surface area (Å²) in [5, 5.41) is -0.160. The molecule has 1 aliphatic rings. The second kappa shape index (κ2) is 5.07. The lowest BCUT2D eigenvalue weighted by atomic mass is 10.1. The van der Waals surface area contributed by atoms with E-state index in [4.69, 9.17) is 16.3 Å². The summed E-state index contributed by atoms with van der Waals surface area (Å²) in [7, 11) is 0. The van der Waals surface area contributed by atoms with Gasteiger partial charge in [0.15, 0.2) is 0 Å². The molecule has 7 heteroatoms. The fourth-order valence-corrected chi connectivity index (χ4v) is 2.64. The van der Waals surface area contributed by atoms with Crippen LogP contribution < -0.4 is 4.90 Å². The number of hydrogen-bond donors (Lipinski definition) is 0. The van der Waals surface area contributed by atoms with Gasteiger partial charge in [0.2, 0.25) is 0 Å².